The van der Waals surface area contributed by atoms with E-state index in [0.29, 0.717) is 10.8 Å². The van der Waals surface area contributed by atoms with Crippen LogP contribution in [0, 0.1) is 0 Å². The topological polar surface area (TPSA) is 46.2 Å². The zero-order valence-electron chi connectivity index (χ0n) is 8.70. The standard InChI is InChI=1S/C12H10F3NO/c13-12(14,15)11(16)9-5-6-10(17)8-4-2-1-3-7(8)9/h1-6,11,17H,16H2/t11-/m1/s1. The Morgan fingerprint density at radius 1 is 1.00 bits per heavy atom. The molecule has 0 fully saturated rings. The molecule has 3 N–H and O–H groups in total. The maximum atomic E-state index is 12.6. The SMILES string of the molecule is N[C@H](c1ccc(O)c2ccccc12)C(F)(F)F. The van der Waals surface area contributed by atoms with E-state index in [4.69, 9.17) is 5.73 Å². The molecule has 1 atom stereocenters. The average Bonchev–Trinajstić information content (AvgIpc) is 2.28. The molecular formula is C12H10F3NO. The van der Waals surface area contributed by atoms with Gasteiger partial charge in [0.1, 0.15) is 11.8 Å². The smallest absolute Gasteiger partial charge is 0.407 e. The normalized spacial score (nSPS) is 13.9. The number of alkyl halides is 3. The van der Waals surface area contributed by atoms with Gasteiger partial charge in [-0.2, -0.15) is 13.2 Å². The van der Waals surface area contributed by atoms with E-state index in [1.54, 1.807) is 18.2 Å². The van der Waals surface area contributed by atoms with Gasteiger partial charge in [0, 0.05) is 5.39 Å². The van der Waals surface area contributed by atoms with Crippen molar-refractivity contribution in [2.45, 2.75) is 12.2 Å². The van der Waals surface area contributed by atoms with Gasteiger partial charge in [-0.1, -0.05) is 30.3 Å². The van der Waals surface area contributed by atoms with Crippen LogP contribution in [-0.4, -0.2) is 11.3 Å². The van der Waals surface area contributed by atoms with Crippen molar-refractivity contribution in [3.63, 3.8) is 0 Å². The van der Waals surface area contributed by atoms with E-state index < -0.39 is 12.2 Å². The molecule has 2 aromatic carbocycles. The van der Waals surface area contributed by atoms with Crippen LogP contribution in [-0.2, 0) is 0 Å². The van der Waals surface area contributed by atoms with Crippen molar-refractivity contribution < 1.29 is 18.3 Å². The molecule has 0 aliphatic carbocycles. The predicted octanol–water partition coefficient (Wildman–Crippen LogP) is 3.11. The van der Waals surface area contributed by atoms with E-state index in [-0.39, 0.29) is 11.3 Å². The van der Waals surface area contributed by atoms with Gasteiger partial charge in [-0.15, -0.1) is 0 Å². The molecule has 17 heavy (non-hydrogen) atoms. The maximum absolute atomic E-state index is 12.6. The van der Waals surface area contributed by atoms with Crippen LogP contribution in [0.25, 0.3) is 10.8 Å². The highest BCUT2D eigenvalue weighted by molar-refractivity contribution is 5.91. The van der Waals surface area contributed by atoms with Gasteiger partial charge >= 0.3 is 6.18 Å². The van der Waals surface area contributed by atoms with Gasteiger partial charge in [-0.25, -0.2) is 0 Å². The molecule has 0 amide bonds. The number of rotatable bonds is 1. The number of hydrogen-bond donors (Lipinski definition) is 2. The second kappa shape index (κ2) is 3.92. The van der Waals surface area contributed by atoms with Gasteiger partial charge in [0.25, 0.3) is 0 Å². The van der Waals surface area contributed by atoms with Gasteiger partial charge < -0.3 is 10.8 Å². The number of aromatic hydroxyl groups is 1. The van der Waals surface area contributed by atoms with Crippen molar-refractivity contribution in [3.05, 3.63) is 42.0 Å². The van der Waals surface area contributed by atoms with Crippen molar-refractivity contribution in [2.24, 2.45) is 5.73 Å². The van der Waals surface area contributed by atoms with Crippen molar-refractivity contribution >= 4 is 10.8 Å². The third-order valence-electron chi connectivity index (χ3n) is 2.62. The van der Waals surface area contributed by atoms with Crippen LogP contribution in [0.1, 0.15) is 11.6 Å². The van der Waals surface area contributed by atoms with E-state index in [0.717, 1.165) is 0 Å². The molecule has 2 aromatic rings. The number of nitrogens with two attached hydrogens (primary N) is 1. The first kappa shape index (κ1) is 11.7. The quantitative estimate of drug-likeness (QED) is 0.805. The monoisotopic (exact) mass is 241 g/mol. The van der Waals surface area contributed by atoms with Crippen molar-refractivity contribution in [1.82, 2.24) is 0 Å². The van der Waals surface area contributed by atoms with Gasteiger partial charge in [0.05, 0.1) is 0 Å². The Kier molecular flexibility index (Phi) is 2.71. The van der Waals surface area contributed by atoms with Crippen LogP contribution < -0.4 is 5.73 Å². The summed E-state index contributed by atoms with van der Waals surface area (Å²) in [6, 6.07) is 6.69. The molecule has 2 nitrogen and oxygen atoms in total. The number of phenolic OH excluding ortho intramolecular Hbond substituents is 1. The molecule has 0 saturated heterocycles. The molecule has 5 heteroatoms. The average molecular weight is 241 g/mol. The molecule has 0 saturated carbocycles. The molecule has 0 spiro atoms. The molecule has 0 unspecified atom stereocenters. The summed E-state index contributed by atoms with van der Waals surface area (Å²) in [6.45, 7) is 0. The van der Waals surface area contributed by atoms with Crippen LogP contribution in [0.15, 0.2) is 36.4 Å². The van der Waals surface area contributed by atoms with Gasteiger partial charge in [-0.3, -0.25) is 0 Å². The summed E-state index contributed by atoms with van der Waals surface area (Å²) >= 11 is 0. The minimum absolute atomic E-state index is 0.0362. The van der Waals surface area contributed by atoms with Crippen LogP contribution in [0.4, 0.5) is 13.2 Å². The Morgan fingerprint density at radius 2 is 1.59 bits per heavy atom. The number of hydrogen-bond acceptors (Lipinski definition) is 2. The van der Waals surface area contributed by atoms with Crippen LogP contribution in [0.3, 0.4) is 0 Å². The second-order valence-electron chi connectivity index (χ2n) is 3.74. The van der Waals surface area contributed by atoms with Crippen molar-refractivity contribution in [1.29, 1.82) is 0 Å². The summed E-state index contributed by atoms with van der Waals surface area (Å²) in [5, 5.41) is 10.2. The maximum Gasteiger partial charge on any atom is 0.407 e. The molecule has 0 aliphatic heterocycles. The van der Waals surface area contributed by atoms with E-state index >= 15 is 0 Å². The summed E-state index contributed by atoms with van der Waals surface area (Å²) < 4.78 is 37.7. The Hall–Kier alpha value is -1.75. The van der Waals surface area contributed by atoms with Crippen LogP contribution in [0.5, 0.6) is 5.75 Å². The number of benzene rings is 2. The molecule has 2 rings (SSSR count). The Bertz CT molecular complexity index is 551. The third-order valence-corrected chi connectivity index (χ3v) is 2.62. The first-order valence-electron chi connectivity index (χ1n) is 4.94. The zero-order valence-corrected chi connectivity index (χ0v) is 8.70. The number of phenols is 1. The Labute approximate surface area is 95.5 Å². The van der Waals surface area contributed by atoms with E-state index in [2.05, 4.69) is 0 Å². The zero-order chi connectivity index (χ0) is 12.6. The van der Waals surface area contributed by atoms with Crippen molar-refractivity contribution in [3.8, 4) is 5.75 Å². The van der Waals surface area contributed by atoms with Crippen LogP contribution in [0.2, 0.25) is 0 Å². The summed E-state index contributed by atoms with van der Waals surface area (Å²) in [5.74, 6) is -0.0567. The second-order valence-corrected chi connectivity index (χ2v) is 3.74. The van der Waals surface area contributed by atoms with Gasteiger partial charge in [-0.05, 0) is 17.0 Å². The Balaban J connectivity index is 2.67. The van der Waals surface area contributed by atoms with E-state index in [1.165, 1.54) is 18.2 Å². The fourth-order valence-corrected chi connectivity index (χ4v) is 1.75. The van der Waals surface area contributed by atoms with Gasteiger partial charge in [0.15, 0.2) is 0 Å². The fourth-order valence-electron chi connectivity index (χ4n) is 1.75. The van der Waals surface area contributed by atoms with Crippen molar-refractivity contribution in [2.75, 3.05) is 0 Å². The molecule has 0 radical (unpaired) electrons. The molecule has 0 aliphatic rings. The molecule has 0 aromatic heterocycles. The first-order chi connectivity index (χ1) is 7.91. The minimum Gasteiger partial charge on any atom is -0.507 e. The molecule has 0 heterocycles. The molecule has 0 bridgehead atoms. The highest BCUT2D eigenvalue weighted by atomic mass is 19.4. The third kappa shape index (κ3) is 2.06. The summed E-state index contributed by atoms with van der Waals surface area (Å²) in [5.41, 5.74) is 5.15. The lowest BCUT2D eigenvalue weighted by atomic mass is 9.98. The highest BCUT2D eigenvalue weighted by Gasteiger charge is 2.38. The van der Waals surface area contributed by atoms with Crippen LogP contribution >= 0.6 is 0 Å². The molecular weight excluding hydrogens is 231 g/mol. The summed E-state index contributed by atoms with van der Waals surface area (Å²) in [6.07, 6.45) is -4.50. The Morgan fingerprint density at radius 3 is 2.18 bits per heavy atom. The van der Waals surface area contributed by atoms with E-state index in [9.17, 15) is 18.3 Å². The molecule has 90 valence electrons. The number of fused-ring (bicyclic) bond motifs is 1. The minimum atomic E-state index is -4.50. The fraction of sp³-hybridized carbons (Fsp3) is 0.167. The largest absolute Gasteiger partial charge is 0.507 e. The summed E-state index contributed by atoms with van der Waals surface area (Å²) in [7, 11) is 0. The lowest BCUT2D eigenvalue weighted by Gasteiger charge is -2.18. The van der Waals surface area contributed by atoms with E-state index in [1.807, 2.05) is 0 Å². The summed E-state index contributed by atoms with van der Waals surface area (Å²) in [4.78, 5) is 0. The first-order valence-corrected chi connectivity index (χ1v) is 4.94. The predicted molar refractivity (Wildman–Crippen MR) is 58.6 cm³/mol. The lowest BCUT2D eigenvalue weighted by molar-refractivity contribution is -0.148. The lowest BCUT2D eigenvalue weighted by Crippen LogP contribution is -2.28. The van der Waals surface area contributed by atoms with Gasteiger partial charge in [0.2, 0.25) is 0 Å². The number of halogens is 3. The highest BCUT2D eigenvalue weighted by Crippen LogP contribution is 2.36.